The summed E-state index contributed by atoms with van der Waals surface area (Å²) >= 11 is 0. The number of hydrogen-bond acceptors (Lipinski definition) is 5. The second-order valence-corrected chi connectivity index (χ2v) is 13.9. The predicted octanol–water partition coefficient (Wildman–Crippen LogP) is 6.13. The van der Waals surface area contributed by atoms with Crippen LogP contribution in [0.3, 0.4) is 0 Å². The number of piperidine rings is 1. The van der Waals surface area contributed by atoms with Crippen LogP contribution in [0, 0.1) is 5.92 Å². The van der Waals surface area contributed by atoms with Crippen LogP contribution in [0.1, 0.15) is 63.8 Å². The smallest absolute Gasteiger partial charge is 0.229 e. The average molecular weight is 581 g/mol. The first-order valence-corrected chi connectivity index (χ1v) is 16.1. The standard InChI is InChI=1S/C32H44N4O4S/c1-9-29(37)36-15-13-22(14-16-36)17-23-11-10-12-24-18-28(35(6)30(23)24)21(2)33-26-19-25(32(3,4)5)20-27(31(26)40-7)34-41(8,38)39/h10-12,18-20,22,33-34H,2,9,13-17H2,1,3-8H3. The van der Waals surface area contributed by atoms with Gasteiger partial charge in [0.2, 0.25) is 15.9 Å². The summed E-state index contributed by atoms with van der Waals surface area (Å²) in [5.41, 5.74) is 5.80. The Kier molecular flexibility index (Phi) is 8.78. The van der Waals surface area contributed by atoms with Crippen molar-refractivity contribution in [2.45, 2.75) is 58.8 Å². The lowest BCUT2D eigenvalue weighted by molar-refractivity contribution is -0.132. The fourth-order valence-electron chi connectivity index (χ4n) is 5.75. The van der Waals surface area contributed by atoms with Gasteiger partial charge in [-0.05, 0) is 59.9 Å². The molecule has 0 unspecified atom stereocenters. The number of hydrogen-bond donors (Lipinski definition) is 2. The molecule has 0 saturated carbocycles. The van der Waals surface area contributed by atoms with Crippen LogP contribution in [0.2, 0.25) is 0 Å². The first-order chi connectivity index (χ1) is 19.2. The molecule has 4 rings (SSSR count). The summed E-state index contributed by atoms with van der Waals surface area (Å²) in [5, 5.41) is 4.56. The molecule has 0 radical (unpaired) electrons. The zero-order chi connectivity index (χ0) is 30.1. The van der Waals surface area contributed by atoms with Crippen molar-refractivity contribution in [3.05, 3.63) is 59.8 Å². The van der Waals surface area contributed by atoms with Crippen molar-refractivity contribution in [3.63, 3.8) is 0 Å². The van der Waals surface area contributed by atoms with E-state index < -0.39 is 10.0 Å². The molecular formula is C32H44N4O4S. The van der Waals surface area contributed by atoms with Gasteiger partial charge in [-0.15, -0.1) is 0 Å². The highest BCUT2D eigenvalue weighted by molar-refractivity contribution is 7.92. The van der Waals surface area contributed by atoms with E-state index in [0.29, 0.717) is 35.2 Å². The van der Waals surface area contributed by atoms with Crippen LogP contribution in [0.5, 0.6) is 5.75 Å². The molecule has 1 aliphatic heterocycles. The number of carbonyl (C=O) groups excluding carboxylic acids is 1. The molecule has 8 nitrogen and oxygen atoms in total. The Morgan fingerprint density at radius 2 is 1.78 bits per heavy atom. The van der Waals surface area contributed by atoms with E-state index in [2.05, 4.69) is 73.3 Å². The third-order valence-electron chi connectivity index (χ3n) is 7.97. The minimum Gasteiger partial charge on any atom is -0.492 e. The van der Waals surface area contributed by atoms with Crippen LogP contribution >= 0.6 is 0 Å². The number of sulfonamides is 1. The number of benzene rings is 2. The molecule has 1 amide bonds. The summed E-state index contributed by atoms with van der Waals surface area (Å²) in [6.07, 6.45) is 4.69. The lowest BCUT2D eigenvalue weighted by Crippen LogP contribution is -2.38. The lowest BCUT2D eigenvalue weighted by Gasteiger charge is -2.32. The van der Waals surface area contributed by atoms with Gasteiger partial charge < -0.3 is 19.5 Å². The molecule has 0 atom stereocenters. The normalized spacial score (nSPS) is 14.8. The van der Waals surface area contributed by atoms with E-state index in [1.54, 1.807) is 0 Å². The number of fused-ring (bicyclic) bond motifs is 1. The number of nitrogens with one attached hydrogen (secondary N) is 2. The maximum Gasteiger partial charge on any atom is 0.229 e. The second kappa shape index (κ2) is 11.8. The van der Waals surface area contributed by atoms with Crippen LogP contribution in [0.15, 0.2) is 43.0 Å². The Morgan fingerprint density at radius 3 is 2.37 bits per heavy atom. The van der Waals surface area contributed by atoms with Crippen LogP contribution in [0.4, 0.5) is 11.4 Å². The molecule has 9 heteroatoms. The molecular weight excluding hydrogens is 536 g/mol. The third kappa shape index (κ3) is 6.89. The van der Waals surface area contributed by atoms with Crippen molar-refractivity contribution >= 4 is 43.9 Å². The Morgan fingerprint density at radius 1 is 1.12 bits per heavy atom. The van der Waals surface area contributed by atoms with Crippen LogP contribution < -0.4 is 14.8 Å². The number of rotatable bonds is 9. The zero-order valence-electron chi connectivity index (χ0n) is 25.4. The number of aryl methyl sites for hydroxylation is 1. The Hall–Kier alpha value is -3.46. The Labute approximate surface area is 244 Å². The number of para-hydroxylation sites is 1. The van der Waals surface area contributed by atoms with Gasteiger partial charge >= 0.3 is 0 Å². The van der Waals surface area contributed by atoms with Crippen molar-refractivity contribution < 1.29 is 17.9 Å². The van der Waals surface area contributed by atoms with Gasteiger partial charge in [-0.2, -0.15) is 0 Å². The van der Waals surface area contributed by atoms with Gasteiger partial charge in [0.1, 0.15) is 0 Å². The van der Waals surface area contributed by atoms with E-state index in [0.717, 1.165) is 55.3 Å². The highest BCUT2D eigenvalue weighted by atomic mass is 32.2. The minimum absolute atomic E-state index is 0.230. The predicted molar refractivity (Wildman–Crippen MR) is 169 cm³/mol. The SMILES string of the molecule is C=C(Nc1cc(C(C)(C)C)cc(NS(C)(=O)=O)c1OC)c1cc2cccc(CC3CCN(C(=O)CC)CC3)c2n1C. The highest BCUT2D eigenvalue weighted by Crippen LogP contribution is 2.40. The van der Waals surface area contributed by atoms with E-state index in [1.165, 1.54) is 18.2 Å². The molecule has 41 heavy (non-hydrogen) atoms. The van der Waals surface area contributed by atoms with Gasteiger partial charge in [0, 0.05) is 31.9 Å². The van der Waals surface area contributed by atoms with Crippen molar-refractivity contribution in [3.8, 4) is 5.75 Å². The Bertz CT molecular complexity index is 1560. The molecule has 3 aromatic rings. The van der Waals surface area contributed by atoms with Gasteiger partial charge in [0.15, 0.2) is 5.75 Å². The van der Waals surface area contributed by atoms with Crippen LogP contribution in [0.25, 0.3) is 16.6 Å². The summed E-state index contributed by atoms with van der Waals surface area (Å²) in [6.45, 7) is 14.2. The first-order valence-electron chi connectivity index (χ1n) is 14.2. The van der Waals surface area contributed by atoms with E-state index in [1.807, 2.05) is 24.0 Å². The molecule has 222 valence electrons. The summed E-state index contributed by atoms with van der Waals surface area (Å²) < 4.78 is 34.7. The van der Waals surface area contributed by atoms with E-state index in [9.17, 15) is 13.2 Å². The van der Waals surface area contributed by atoms with Crippen molar-refractivity contribution in [2.75, 3.05) is 36.5 Å². The van der Waals surface area contributed by atoms with E-state index in [4.69, 9.17) is 4.74 Å². The molecule has 0 spiro atoms. The molecule has 1 aliphatic rings. The maximum atomic E-state index is 12.1. The lowest BCUT2D eigenvalue weighted by atomic mass is 9.86. The van der Waals surface area contributed by atoms with Crippen LogP contribution in [-0.4, -0.2) is 50.2 Å². The van der Waals surface area contributed by atoms with Gasteiger partial charge in [-0.1, -0.05) is 52.5 Å². The maximum absolute atomic E-state index is 12.1. The molecule has 2 N–H and O–H groups in total. The molecule has 0 aliphatic carbocycles. The van der Waals surface area contributed by atoms with Gasteiger partial charge in [0.25, 0.3) is 0 Å². The van der Waals surface area contributed by atoms with Crippen molar-refractivity contribution in [1.82, 2.24) is 9.47 Å². The molecule has 1 fully saturated rings. The average Bonchev–Trinajstić information content (AvgIpc) is 3.24. The van der Waals surface area contributed by atoms with E-state index >= 15 is 0 Å². The van der Waals surface area contributed by atoms with Gasteiger partial charge in [0.05, 0.1) is 41.6 Å². The fraction of sp³-hybridized carbons (Fsp3) is 0.469. The number of aromatic nitrogens is 1. The van der Waals surface area contributed by atoms with Gasteiger partial charge in [-0.3, -0.25) is 9.52 Å². The first kappa shape index (κ1) is 30.5. The molecule has 2 aromatic carbocycles. The fourth-order valence-corrected chi connectivity index (χ4v) is 6.30. The Balaban J connectivity index is 1.64. The number of likely N-dealkylation sites (tertiary alicyclic amines) is 1. The van der Waals surface area contributed by atoms with E-state index in [-0.39, 0.29) is 11.3 Å². The minimum atomic E-state index is -3.52. The highest BCUT2D eigenvalue weighted by Gasteiger charge is 2.25. The summed E-state index contributed by atoms with van der Waals surface area (Å²) in [6, 6.07) is 12.4. The van der Waals surface area contributed by atoms with Crippen molar-refractivity contribution in [1.29, 1.82) is 0 Å². The summed E-state index contributed by atoms with van der Waals surface area (Å²) in [7, 11) is 0.0555. The molecule has 1 saturated heterocycles. The second-order valence-electron chi connectivity index (χ2n) is 12.2. The number of carbonyl (C=O) groups is 1. The monoisotopic (exact) mass is 580 g/mol. The topological polar surface area (TPSA) is 92.7 Å². The molecule has 0 bridgehead atoms. The summed E-state index contributed by atoms with van der Waals surface area (Å²) in [4.78, 5) is 14.1. The molecule has 2 heterocycles. The van der Waals surface area contributed by atoms with Gasteiger partial charge in [-0.25, -0.2) is 8.42 Å². The summed E-state index contributed by atoms with van der Waals surface area (Å²) in [5.74, 6) is 1.18. The quantitative estimate of drug-likeness (QED) is 0.318. The third-order valence-corrected chi connectivity index (χ3v) is 8.56. The number of methoxy groups -OCH3 is 1. The van der Waals surface area contributed by atoms with Crippen molar-refractivity contribution in [2.24, 2.45) is 13.0 Å². The zero-order valence-corrected chi connectivity index (χ0v) is 26.2. The molecule has 1 aromatic heterocycles. The number of anilines is 2. The number of nitrogens with zero attached hydrogens (tertiary/aromatic N) is 2. The largest absolute Gasteiger partial charge is 0.492 e. The number of ether oxygens (including phenoxy) is 1. The van der Waals surface area contributed by atoms with Crippen LogP contribution in [-0.2, 0) is 33.7 Å². The number of amides is 1.